The standard InChI is InChI=1S/C24H27N5O3/c1-2-3-8-22(30)29(21-10-9-19-24(28-21)26-12-11-25-19)20(14-23(31)32)17-13-16-6-4-5-7-18(16)27-15-17/h4-7,9-10,13,15,20,25H,2-3,8,11-12,14H2,1H3,(H,26,28)(H,31,32). The van der Waals surface area contributed by atoms with Crippen LogP contribution in [0.3, 0.4) is 0 Å². The van der Waals surface area contributed by atoms with Gasteiger partial charge in [0.05, 0.1) is 23.7 Å². The molecule has 1 aliphatic rings. The number of aromatic nitrogens is 2. The molecule has 2 aromatic heterocycles. The number of carboxylic acids is 1. The number of aliphatic carboxylic acids is 1. The molecule has 0 radical (unpaired) electrons. The van der Waals surface area contributed by atoms with E-state index in [2.05, 4.69) is 20.6 Å². The predicted octanol–water partition coefficient (Wildman–Crippen LogP) is 4.21. The SMILES string of the molecule is CCCCC(=O)N(c1ccc2c(n1)NCCN2)C(CC(=O)O)c1cnc2ccccc2c1. The van der Waals surface area contributed by atoms with Gasteiger partial charge in [0.15, 0.2) is 5.82 Å². The van der Waals surface area contributed by atoms with Crippen LogP contribution in [0.4, 0.5) is 17.3 Å². The molecular formula is C24H27N5O3. The van der Waals surface area contributed by atoms with Gasteiger partial charge in [0.25, 0.3) is 0 Å². The van der Waals surface area contributed by atoms with Gasteiger partial charge in [0.1, 0.15) is 5.82 Å². The largest absolute Gasteiger partial charge is 0.481 e. The van der Waals surface area contributed by atoms with Gasteiger partial charge in [-0.3, -0.25) is 19.5 Å². The first kappa shape index (κ1) is 21.5. The van der Waals surface area contributed by atoms with E-state index in [1.165, 1.54) is 4.90 Å². The third-order valence-corrected chi connectivity index (χ3v) is 5.55. The fraction of sp³-hybridized carbons (Fsp3) is 0.333. The Labute approximate surface area is 186 Å². The molecule has 166 valence electrons. The molecule has 8 heteroatoms. The van der Waals surface area contributed by atoms with Gasteiger partial charge in [-0.05, 0) is 36.2 Å². The molecule has 1 unspecified atom stereocenters. The van der Waals surface area contributed by atoms with Gasteiger partial charge in [-0.25, -0.2) is 4.98 Å². The van der Waals surface area contributed by atoms with Crippen molar-refractivity contribution in [1.29, 1.82) is 0 Å². The summed E-state index contributed by atoms with van der Waals surface area (Å²) in [5.74, 6) is -0.0510. The number of benzene rings is 1. The predicted molar refractivity (Wildman–Crippen MR) is 125 cm³/mol. The summed E-state index contributed by atoms with van der Waals surface area (Å²) in [7, 11) is 0. The highest BCUT2D eigenvalue weighted by molar-refractivity contribution is 5.95. The van der Waals surface area contributed by atoms with Crippen LogP contribution < -0.4 is 15.5 Å². The van der Waals surface area contributed by atoms with Gasteiger partial charge in [-0.1, -0.05) is 31.5 Å². The smallest absolute Gasteiger partial charge is 0.305 e. The Morgan fingerprint density at radius 1 is 1.16 bits per heavy atom. The molecule has 0 saturated heterocycles. The molecule has 3 aromatic rings. The Kier molecular flexibility index (Phi) is 6.49. The zero-order valence-electron chi connectivity index (χ0n) is 18.0. The summed E-state index contributed by atoms with van der Waals surface area (Å²) in [6, 6.07) is 12.5. The zero-order valence-corrected chi connectivity index (χ0v) is 18.0. The molecule has 8 nitrogen and oxygen atoms in total. The summed E-state index contributed by atoms with van der Waals surface area (Å²) in [5.41, 5.74) is 2.35. The van der Waals surface area contributed by atoms with E-state index in [1.54, 1.807) is 12.3 Å². The zero-order chi connectivity index (χ0) is 22.5. The lowest BCUT2D eigenvalue weighted by Crippen LogP contribution is -2.37. The average Bonchev–Trinajstić information content (AvgIpc) is 2.81. The van der Waals surface area contributed by atoms with Crippen molar-refractivity contribution in [2.24, 2.45) is 0 Å². The molecule has 0 fully saturated rings. The van der Waals surface area contributed by atoms with Gasteiger partial charge in [0, 0.05) is 31.1 Å². The molecule has 1 amide bonds. The van der Waals surface area contributed by atoms with Crippen LogP contribution in [0.25, 0.3) is 10.9 Å². The molecule has 3 heterocycles. The maximum absolute atomic E-state index is 13.4. The lowest BCUT2D eigenvalue weighted by Gasteiger charge is -2.32. The number of nitrogens with one attached hydrogen (secondary N) is 2. The third kappa shape index (κ3) is 4.64. The van der Waals surface area contributed by atoms with Crippen LogP contribution in [-0.2, 0) is 9.59 Å². The molecule has 0 aliphatic carbocycles. The lowest BCUT2D eigenvalue weighted by atomic mass is 10.0. The Balaban J connectivity index is 1.80. The number of para-hydroxylation sites is 1. The molecule has 1 aromatic carbocycles. The highest BCUT2D eigenvalue weighted by Crippen LogP contribution is 2.34. The third-order valence-electron chi connectivity index (χ3n) is 5.55. The summed E-state index contributed by atoms with van der Waals surface area (Å²) in [6.07, 6.45) is 3.31. The molecule has 0 bridgehead atoms. The number of fused-ring (bicyclic) bond motifs is 2. The molecule has 0 spiro atoms. The van der Waals surface area contributed by atoms with Crippen molar-refractivity contribution in [2.75, 3.05) is 28.6 Å². The van der Waals surface area contributed by atoms with Gasteiger partial charge < -0.3 is 15.7 Å². The number of rotatable bonds is 8. The number of carbonyl (C=O) groups is 2. The van der Waals surface area contributed by atoms with Crippen molar-refractivity contribution >= 4 is 40.1 Å². The number of hydrogen-bond donors (Lipinski definition) is 3. The van der Waals surface area contributed by atoms with E-state index in [-0.39, 0.29) is 12.3 Å². The topological polar surface area (TPSA) is 107 Å². The van der Waals surface area contributed by atoms with Crippen LogP contribution in [0.15, 0.2) is 48.7 Å². The van der Waals surface area contributed by atoms with E-state index in [1.807, 2.05) is 43.3 Å². The molecular weight excluding hydrogens is 406 g/mol. The minimum atomic E-state index is -0.991. The first-order valence-electron chi connectivity index (χ1n) is 10.9. The summed E-state index contributed by atoms with van der Waals surface area (Å²) in [4.78, 5) is 35.9. The monoisotopic (exact) mass is 433 g/mol. The van der Waals surface area contributed by atoms with E-state index >= 15 is 0 Å². The lowest BCUT2D eigenvalue weighted by molar-refractivity contribution is -0.137. The van der Waals surface area contributed by atoms with E-state index in [0.717, 1.165) is 42.5 Å². The highest BCUT2D eigenvalue weighted by Gasteiger charge is 2.30. The van der Waals surface area contributed by atoms with Crippen LogP contribution in [0.1, 0.15) is 44.2 Å². The van der Waals surface area contributed by atoms with E-state index in [9.17, 15) is 14.7 Å². The quantitative estimate of drug-likeness (QED) is 0.488. The van der Waals surface area contributed by atoms with Gasteiger partial charge in [-0.2, -0.15) is 0 Å². The Morgan fingerprint density at radius 3 is 2.78 bits per heavy atom. The minimum absolute atomic E-state index is 0.150. The number of unbranched alkanes of at least 4 members (excludes halogenated alkanes) is 1. The number of hydrogen-bond acceptors (Lipinski definition) is 6. The van der Waals surface area contributed by atoms with Crippen LogP contribution in [0.5, 0.6) is 0 Å². The van der Waals surface area contributed by atoms with Crippen molar-refractivity contribution in [1.82, 2.24) is 9.97 Å². The van der Waals surface area contributed by atoms with E-state index in [0.29, 0.717) is 23.6 Å². The Hall–Kier alpha value is -3.68. The number of carbonyl (C=O) groups excluding carboxylic acids is 1. The van der Waals surface area contributed by atoms with Crippen molar-refractivity contribution < 1.29 is 14.7 Å². The molecule has 3 N–H and O–H groups in total. The number of amides is 1. The summed E-state index contributed by atoms with van der Waals surface area (Å²) >= 11 is 0. The second-order valence-electron chi connectivity index (χ2n) is 7.86. The molecule has 0 saturated carbocycles. The van der Waals surface area contributed by atoms with Crippen LogP contribution in [0, 0.1) is 0 Å². The highest BCUT2D eigenvalue weighted by atomic mass is 16.4. The van der Waals surface area contributed by atoms with Crippen molar-refractivity contribution in [2.45, 2.75) is 38.6 Å². The summed E-state index contributed by atoms with van der Waals surface area (Å²) in [5, 5.41) is 17.1. The Bertz CT molecular complexity index is 1130. The van der Waals surface area contributed by atoms with Gasteiger partial charge >= 0.3 is 5.97 Å². The van der Waals surface area contributed by atoms with Gasteiger partial charge in [-0.15, -0.1) is 0 Å². The van der Waals surface area contributed by atoms with Crippen LogP contribution in [0.2, 0.25) is 0 Å². The van der Waals surface area contributed by atoms with Crippen molar-refractivity contribution in [3.05, 3.63) is 54.2 Å². The molecule has 1 atom stereocenters. The van der Waals surface area contributed by atoms with E-state index in [4.69, 9.17) is 0 Å². The maximum Gasteiger partial charge on any atom is 0.305 e. The second kappa shape index (κ2) is 9.64. The summed E-state index contributed by atoms with van der Waals surface area (Å²) < 4.78 is 0. The fourth-order valence-electron chi connectivity index (χ4n) is 3.94. The summed E-state index contributed by atoms with van der Waals surface area (Å²) in [6.45, 7) is 3.53. The number of pyridine rings is 2. The van der Waals surface area contributed by atoms with Crippen LogP contribution >= 0.6 is 0 Å². The number of anilines is 3. The fourth-order valence-corrected chi connectivity index (χ4v) is 3.94. The van der Waals surface area contributed by atoms with Crippen molar-refractivity contribution in [3.63, 3.8) is 0 Å². The normalized spacial score (nSPS) is 13.5. The number of carboxylic acid groups (broad SMARTS) is 1. The van der Waals surface area contributed by atoms with Crippen molar-refractivity contribution in [3.8, 4) is 0 Å². The van der Waals surface area contributed by atoms with E-state index < -0.39 is 12.0 Å². The average molecular weight is 434 g/mol. The first-order chi connectivity index (χ1) is 15.6. The molecule has 4 rings (SSSR count). The minimum Gasteiger partial charge on any atom is -0.481 e. The molecule has 32 heavy (non-hydrogen) atoms. The number of nitrogens with zero attached hydrogens (tertiary/aromatic N) is 3. The molecule has 1 aliphatic heterocycles. The van der Waals surface area contributed by atoms with Crippen LogP contribution in [-0.4, -0.2) is 40.0 Å². The Morgan fingerprint density at radius 2 is 1.97 bits per heavy atom. The maximum atomic E-state index is 13.4. The first-order valence-corrected chi connectivity index (χ1v) is 10.9. The van der Waals surface area contributed by atoms with Gasteiger partial charge in [0.2, 0.25) is 5.91 Å². The second-order valence-corrected chi connectivity index (χ2v) is 7.86.